The summed E-state index contributed by atoms with van der Waals surface area (Å²) in [5, 5.41) is 11.8. The molecule has 2 aromatic heterocycles. The van der Waals surface area contributed by atoms with Gasteiger partial charge in [-0.15, -0.1) is 0 Å². The van der Waals surface area contributed by atoms with Gasteiger partial charge < -0.3 is 20.1 Å². The van der Waals surface area contributed by atoms with Crippen LogP contribution >= 0.6 is 0 Å². The molecule has 132 valence electrons. The first-order chi connectivity index (χ1) is 12.3. The fourth-order valence-electron chi connectivity index (χ4n) is 2.78. The molecule has 0 saturated carbocycles. The van der Waals surface area contributed by atoms with Crippen molar-refractivity contribution in [3.63, 3.8) is 0 Å². The molecule has 3 rings (SSSR count). The van der Waals surface area contributed by atoms with Crippen LogP contribution in [0.5, 0.6) is 5.75 Å². The van der Waals surface area contributed by atoms with Gasteiger partial charge in [0.05, 0.1) is 18.4 Å². The summed E-state index contributed by atoms with van der Waals surface area (Å²) < 4.78 is 5.90. The van der Waals surface area contributed by atoms with E-state index in [1.165, 1.54) is 0 Å². The first kappa shape index (κ1) is 17.2. The number of pyridine rings is 2. The van der Waals surface area contributed by atoms with E-state index in [2.05, 4.69) is 15.3 Å². The van der Waals surface area contributed by atoms with E-state index < -0.39 is 0 Å². The summed E-state index contributed by atoms with van der Waals surface area (Å²) in [4.78, 5) is 22.6. The molecule has 3 heterocycles. The van der Waals surface area contributed by atoms with E-state index in [0.29, 0.717) is 31.0 Å². The maximum absolute atomic E-state index is 12.6. The largest absolute Gasteiger partial charge is 0.489 e. The number of nitrogens with zero attached hydrogens (tertiary/aromatic N) is 3. The van der Waals surface area contributed by atoms with Crippen LogP contribution in [0.4, 0.5) is 5.82 Å². The first-order valence-electron chi connectivity index (χ1n) is 8.43. The lowest BCUT2D eigenvalue weighted by molar-refractivity contribution is 0.0594. The summed E-state index contributed by atoms with van der Waals surface area (Å²) in [6.07, 6.45) is 6.69. The minimum absolute atomic E-state index is 0.0129. The zero-order valence-electron chi connectivity index (χ0n) is 14.0. The van der Waals surface area contributed by atoms with Gasteiger partial charge in [-0.2, -0.15) is 0 Å². The summed E-state index contributed by atoms with van der Waals surface area (Å²) >= 11 is 0. The van der Waals surface area contributed by atoms with E-state index in [4.69, 9.17) is 9.84 Å². The van der Waals surface area contributed by atoms with Crippen LogP contribution in [0.25, 0.3) is 0 Å². The van der Waals surface area contributed by atoms with Gasteiger partial charge in [0.15, 0.2) is 0 Å². The van der Waals surface area contributed by atoms with Gasteiger partial charge in [0, 0.05) is 44.9 Å². The SMILES string of the molecule is O=C(c1ccc(NCCO)nc1)N1CCC(Oc2cccnc2)CC1. The van der Waals surface area contributed by atoms with Crippen LogP contribution < -0.4 is 10.1 Å². The Kier molecular flexibility index (Phi) is 5.79. The van der Waals surface area contributed by atoms with Crippen molar-refractivity contribution in [2.24, 2.45) is 0 Å². The number of hydrogen-bond donors (Lipinski definition) is 2. The Morgan fingerprint density at radius 3 is 2.76 bits per heavy atom. The fraction of sp³-hybridized carbons (Fsp3) is 0.389. The molecule has 0 aliphatic carbocycles. The molecular weight excluding hydrogens is 320 g/mol. The number of ether oxygens (including phenoxy) is 1. The topological polar surface area (TPSA) is 87.6 Å². The lowest BCUT2D eigenvalue weighted by Gasteiger charge is -2.32. The number of hydrogen-bond acceptors (Lipinski definition) is 6. The number of likely N-dealkylation sites (tertiary alicyclic amines) is 1. The van der Waals surface area contributed by atoms with Gasteiger partial charge >= 0.3 is 0 Å². The molecule has 7 heteroatoms. The van der Waals surface area contributed by atoms with Crippen molar-refractivity contribution in [1.82, 2.24) is 14.9 Å². The zero-order chi connectivity index (χ0) is 17.5. The predicted octanol–water partition coefficient (Wildman–Crippen LogP) is 1.56. The van der Waals surface area contributed by atoms with Crippen molar-refractivity contribution in [1.29, 1.82) is 0 Å². The molecule has 0 unspecified atom stereocenters. The summed E-state index contributed by atoms with van der Waals surface area (Å²) in [7, 11) is 0. The third-order valence-corrected chi connectivity index (χ3v) is 4.09. The van der Waals surface area contributed by atoms with Crippen LogP contribution in [0.1, 0.15) is 23.2 Å². The monoisotopic (exact) mass is 342 g/mol. The lowest BCUT2D eigenvalue weighted by Crippen LogP contribution is -2.41. The van der Waals surface area contributed by atoms with Gasteiger partial charge in [-0.3, -0.25) is 9.78 Å². The highest BCUT2D eigenvalue weighted by atomic mass is 16.5. The van der Waals surface area contributed by atoms with Gasteiger partial charge in [0.2, 0.25) is 0 Å². The average molecular weight is 342 g/mol. The highest BCUT2D eigenvalue weighted by Gasteiger charge is 2.24. The Morgan fingerprint density at radius 1 is 1.28 bits per heavy atom. The third kappa shape index (κ3) is 4.67. The Morgan fingerprint density at radius 2 is 2.12 bits per heavy atom. The van der Waals surface area contributed by atoms with Gasteiger partial charge in [-0.05, 0) is 24.3 Å². The quantitative estimate of drug-likeness (QED) is 0.828. The van der Waals surface area contributed by atoms with Crippen LogP contribution in [0.15, 0.2) is 42.9 Å². The maximum atomic E-state index is 12.6. The molecule has 2 aromatic rings. The molecule has 0 radical (unpaired) electrons. The van der Waals surface area contributed by atoms with Gasteiger partial charge in [0.1, 0.15) is 17.7 Å². The van der Waals surface area contributed by atoms with Crippen LogP contribution in [0, 0.1) is 0 Å². The smallest absolute Gasteiger partial charge is 0.255 e. The zero-order valence-corrected chi connectivity index (χ0v) is 14.0. The molecule has 0 atom stereocenters. The number of rotatable bonds is 6. The molecular formula is C18H22N4O3. The standard InChI is InChI=1S/C18H22N4O3/c23-11-8-20-17-4-3-14(12-21-17)18(24)22-9-5-15(6-10-22)25-16-2-1-7-19-13-16/h1-4,7,12-13,15,23H,5-6,8-11H2,(H,20,21). The van der Waals surface area contributed by atoms with Crippen LogP contribution in [-0.2, 0) is 0 Å². The van der Waals surface area contributed by atoms with Crippen LogP contribution in [0.3, 0.4) is 0 Å². The van der Waals surface area contributed by atoms with Crippen molar-refractivity contribution >= 4 is 11.7 Å². The second-order valence-corrected chi connectivity index (χ2v) is 5.88. The van der Waals surface area contributed by atoms with Gasteiger partial charge in [-0.25, -0.2) is 4.98 Å². The van der Waals surface area contributed by atoms with Crippen molar-refractivity contribution in [2.75, 3.05) is 31.6 Å². The maximum Gasteiger partial charge on any atom is 0.255 e. The molecule has 0 bridgehead atoms. The second-order valence-electron chi connectivity index (χ2n) is 5.88. The number of carbonyl (C=O) groups excluding carboxylic acids is 1. The van der Waals surface area contributed by atoms with Crippen molar-refractivity contribution in [3.8, 4) is 5.75 Å². The molecule has 0 spiro atoms. The predicted molar refractivity (Wildman–Crippen MR) is 93.6 cm³/mol. The number of anilines is 1. The summed E-state index contributed by atoms with van der Waals surface area (Å²) in [5.41, 5.74) is 0.571. The van der Waals surface area contributed by atoms with Crippen LogP contribution in [0.2, 0.25) is 0 Å². The number of piperidine rings is 1. The van der Waals surface area contributed by atoms with Crippen LogP contribution in [-0.4, -0.2) is 58.2 Å². The Labute approximate surface area is 146 Å². The van der Waals surface area contributed by atoms with E-state index in [1.54, 1.807) is 30.7 Å². The Hall–Kier alpha value is -2.67. The minimum Gasteiger partial charge on any atom is -0.489 e. The van der Waals surface area contributed by atoms with E-state index in [9.17, 15) is 4.79 Å². The molecule has 1 amide bonds. The fourth-order valence-corrected chi connectivity index (χ4v) is 2.78. The molecule has 7 nitrogen and oxygen atoms in total. The average Bonchev–Trinajstić information content (AvgIpc) is 2.68. The number of carbonyl (C=O) groups is 1. The molecule has 2 N–H and O–H groups in total. The number of aliphatic hydroxyl groups excluding tert-OH is 1. The van der Waals surface area contributed by atoms with Crippen molar-refractivity contribution in [3.05, 3.63) is 48.4 Å². The van der Waals surface area contributed by atoms with Gasteiger partial charge in [0.25, 0.3) is 5.91 Å². The Balaban J connectivity index is 1.51. The summed E-state index contributed by atoms with van der Waals surface area (Å²) in [6.45, 7) is 1.80. The molecule has 1 aliphatic heterocycles. The van der Waals surface area contributed by atoms with E-state index in [-0.39, 0.29) is 18.6 Å². The number of nitrogens with one attached hydrogen (secondary N) is 1. The minimum atomic E-state index is -0.0129. The second kappa shape index (κ2) is 8.43. The van der Waals surface area contributed by atoms with E-state index in [0.717, 1.165) is 18.6 Å². The summed E-state index contributed by atoms with van der Waals surface area (Å²) in [5.74, 6) is 1.40. The van der Waals surface area contributed by atoms with Gasteiger partial charge in [-0.1, -0.05) is 0 Å². The third-order valence-electron chi connectivity index (χ3n) is 4.09. The molecule has 1 saturated heterocycles. The first-order valence-corrected chi connectivity index (χ1v) is 8.43. The van der Waals surface area contributed by atoms with E-state index in [1.807, 2.05) is 17.0 Å². The molecule has 1 fully saturated rings. The van der Waals surface area contributed by atoms with Crippen molar-refractivity contribution in [2.45, 2.75) is 18.9 Å². The lowest BCUT2D eigenvalue weighted by atomic mass is 10.1. The number of amides is 1. The van der Waals surface area contributed by atoms with E-state index >= 15 is 0 Å². The number of aliphatic hydroxyl groups is 1. The summed E-state index contributed by atoms with van der Waals surface area (Å²) in [6, 6.07) is 7.25. The highest BCUT2D eigenvalue weighted by Crippen LogP contribution is 2.19. The molecule has 0 aromatic carbocycles. The highest BCUT2D eigenvalue weighted by molar-refractivity contribution is 5.94. The molecule has 25 heavy (non-hydrogen) atoms. The Bertz CT molecular complexity index is 670. The molecule has 1 aliphatic rings. The number of aromatic nitrogens is 2. The normalized spacial score (nSPS) is 15.0. The van der Waals surface area contributed by atoms with Crippen molar-refractivity contribution < 1.29 is 14.6 Å².